The highest BCUT2D eigenvalue weighted by atomic mass is 19.1. The van der Waals surface area contributed by atoms with E-state index in [1.165, 1.54) is 24.3 Å². The third-order valence-corrected chi connectivity index (χ3v) is 4.40. The molecule has 4 rings (SSSR count). The van der Waals surface area contributed by atoms with Crippen molar-refractivity contribution in [2.45, 2.75) is 19.8 Å². The van der Waals surface area contributed by atoms with Gasteiger partial charge in [-0.3, -0.25) is 9.59 Å². The Morgan fingerprint density at radius 2 is 1.97 bits per heavy atom. The maximum Gasteiger partial charge on any atom is 0.259 e. The number of amides is 1. The fourth-order valence-corrected chi connectivity index (χ4v) is 2.94. The predicted molar refractivity (Wildman–Crippen MR) is 106 cm³/mol. The number of pyridine rings is 1. The number of carbonyl (C=O) groups excluding carboxylic acids is 1. The smallest absolute Gasteiger partial charge is 0.259 e. The SMILES string of the molecule is Cc1ccc2[nH]c(=O)c(-c3noc(CCC(=O)Nc4ccc(F)cc4)n3)cc2c1. The van der Waals surface area contributed by atoms with E-state index in [4.69, 9.17) is 4.52 Å². The molecule has 0 radical (unpaired) electrons. The van der Waals surface area contributed by atoms with Gasteiger partial charge in [-0.2, -0.15) is 4.98 Å². The molecule has 0 atom stereocenters. The van der Waals surface area contributed by atoms with Gasteiger partial charge in [-0.15, -0.1) is 0 Å². The van der Waals surface area contributed by atoms with Crippen LogP contribution in [-0.2, 0) is 11.2 Å². The fourth-order valence-electron chi connectivity index (χ4n) is 2.94. The molecule has 146 valence electrons. The van der Waals surface area contributed by atoms with Crippen LogP contribution < -0.4 is 10.9 Å². The molecule has 0 saturated carbocycles. The molecule has 8 heteroatoms. The number of aromatic nitrogens is 3. The largest absolute Gasteiger partial charge is 0.339 e. The van der Waals surface area contributed by atoms with E-state index in [0.29, 0.717) is 11.3 Å². The molecule has 2 aromatic carbocycles. The van der Waals surface area contributed by atoms with Crippen molar-refractivity contribution >= 4 is 22.5 Å². The molecule has 0 spiro atoms. The van der Waals surface area contributed by atoms with Crippen molar-refractivity contribution in [1.29, 1.82) is 0 Å². The summed E-state index contributed by atoms with van der Waals surface area (Å²) in [6.07, 6.45) is 0.316. The van der Waals surface area contributed by atoms with Gasteiger partial charge in [-0.05, 0) is 54.8 Å². The highest BCUT2D eigenvalue weighted by molar-refractivity contribution is 5.90. The highest BCUT2D eigenvalue weighted by Gasteiger charge is 2.14. The quantitative estimate of drug-likeness (QED) is 0.540. The van der Waals surface area contributed by atoms with Gasteiger partial charge in [-0.25, -0.2) is 4.39 Å². The molecule has 0 bridgehead atoms. The van der Waals surface area contributed by atoms with Crippen LogP contribution in [0.2, 0.25) is 0 Å². The normalized spacial score (nSPS) is 11.0. The van der Waals surface area contributed by atoms with E-state index in [-0.39, 0.29) is 41.8 Å². The van der Waals surface area contributed by atoms with Crippen LogP contribution in [0.4, 0.5) is 10.1 Å². The van der Waals surface area contributed by atoms with Crippen LogP contribution in [0.25, 0.3) is 22.3 Å². The Kier molecular flexibility index (Phi) is 4.90. The van der Waals surface area contributed by atoms with Crippen LogP contribution in [0.3, 0.4) is 0 Å². The summed E-state index contributed by atoms with van der Waals surface area (Å²) < 4.78 is 18.1. The summed E-state index contributed by atoms with van der Waals surface area (Å²) >= 11 is 0. The number of aromatic amines is 1. The number of nitrogens with zero attached hydrogens (tertiary/aromatic N) is 2. The number of fused-ring (bicyclic) bond motifs is 1. The topological polar surface area (TPSA) is 101 Å². The van der Waals surface area contributed by atoms with E-state index in [9.17, 15) is 14.0 Å². The minimum absolute atomic E-state index is 0.103. The lowest BCUT2D eigenvalue weighted by Crippen LogP contribution is -2.12. The van der Waals surface area contributed by atoms with Crippen molar-refractivity contribution in [3.63, 3.8) is 0 Å². The van der Waals surface area contributed by atoms with Crippen molar-refractivity contribution in [3.8, 4) is 11.4 Å². The maximum atomic E-state index is 12.9. The van der Waals surface area contributed by atoms with Gasteiger partial charge in [0.1, 0.15) is 5.82 Å². The van der Waals surface area contributed by atoms with Gasteiger partial charge in [0.25, 0.3) is 5.56 Å². The second-order valence-corrected chi connectivity index (χ2v) is 6.67. The summed E-state index contributed by atoms with van der Waals surface area (Å²) in [7, 11) is 0. The molecule has 0 saturated heterocycles. The minimum Gasteiger partial charge on any atom is -0.339 e. The van der Waals surface area contributed by atoms with Crippen LogP contribution >= 0.6 is 0 Å². The number of benzene rings is 2. The summed E-state index contributed by atoms with van der Waals surface area (Å²) in [5, 5.41) is 7.40. The lowest BCUT2D eigenvalue weighted by molar-refractivity contribution is -0.116. The van der Waals surface area contributed by atoms with Crippen molar-refractivity contribution in [1.82, 2.24) is 15.1 Å². The van der Waals surface area contributed by atoms with E-state index in [0.717, 1.165) is 16.5 Å². The van der Waals surface area contributed by atoms with E-state index in [1.807, 2.05) is 25.1 Å². The highest BCUT2D eigenvalue weighted by Crippen LogP contribution is 2.19. The second-order valence-electron chi connectivity index (χ2n) is 6.67. The average Bonchev–Trinajstić information content (AvgIpc) is 3.17. The van der Waals surface area contributed by atoms with Crippen LogP contribution in [0.1, 0.15) is 17.9 Å². The molecule has 4 aromatic rings. The maximum absolute atomic E-state index is 12.9. The van der Waals surface area contributed by atoms with Crippen LogP contribution in [0.5, 0.6) is 0 Å². The number of anilines is 1. The molecule has 0 fully saturated rings. The number of halogens is 1. The van der Waals surface area contributed by atoms with Crippen molar-refractivity contribution in [2.75, 3.05) is 5.32 Å². The first-order valence-corrected chi connectivity index (χ1v) is 9.00. The number of hydrogen-bond donors (Lipinski definition) is 2. The van der Waals surface area contributed by atoms with Crippen molar-refractivity contribution < 1.29 is 13.7 Å². The lowest BCUT2D eigenvalue weighted by atomic mass is 10.1. The fraction of sp³-hybridized carbons (Fsp3) is 0.143. The number of aryl methyl sites for hydroxylation is 2. The molecule has 29 heavy (non-hydrogen) atoms. The Balaban J connectivity index is 1.46. The van der Waals surface area contributed by atoms with E-state index in [1.54, 1.807) is 6.07 Å². The molecule has 0 aliphatic heterocycles. The molecule has 7 nitrogen and oxygen atoms in total. The van der Waals surface area contributed by atoms with Crippen molar-refractivity contribution in [3.05, 3.63) is 76.2 Å². The van der Waals surface area contributed by atoms with E-state index < -0.39 is 0 Å². The zero-order valence-corrected chi connectivity index (χ0v) is 15.5. The van der Waals surface area contributed by atoms with Crippen LogP contribution in [0.15, 0.2) is 57.8 Å². The summed E-state index contributed by atoms with van der Waals surface area (Å²) in [5.41, 5.74) is 2.28. The minimum atomic E-state index is -0.375. The average molecular weight is 392 g/mol. The number of carbonyl (C=O) groups is 1. The molecule has 1 amide bonds. The third kappa shape index (κ3) is 4.21. The molecular formula is C21H17FN4O3. The first-order valence-electron chi connectivity index (χ1n) is 9.00. The Morgan fingerprint density at radius 1 is 1.17 bits per heavy atom. The molecule has 0 aliphatic carbocycles. The molecular weight excluding hydrogens is 375 g/mol. The Bertz CT molecular complexity index is 1250. The van der Waals surface area contributed by atoms with Gasteiger partial charge in [0.15, 0.2) is 0 Å². The molecule has 0 aliphatic rings. The molecule has 0 unspecified atom stereocenters. The van der Waals surface area contributed by atoms with E-state index in [2.05, 4.69) is 20.4 Å². The predicted octanol–water partition coefficient (Wildman–Crippen LogP) is 3.60. The Hall–Kier alpha value is -3.81. The van der Waals surface area contributed by atoms with Crippen LogP contribution in [0, 0.1) is 12.7 Å². The standard InChI is InChI=1S/C21H17FN4O3/c1-12-2-7-17-13(10-12)11-16(21(28)24-17)20-25-19(29-26-20)9-8-18(27)23-15-5-3-14(22)4-6-15/h2-7,10-11H,8-9H2,1H3,(H,23,27)(H,24,28). The summed E-state index contributed by atoms with van der Waals surface area (Å²) in [4.78, 5) is 31.4. The molecule has 2 heterocycles. The van der Waals surface area contributed by atoms with Crippen molar-refractivity contribution in [2.24, 2.45) is 0 Å². The van der Waals surface area contributed by atoms with Gasteiger partial charge in [0, 0.05) is 24.0 Å². The Labute approximate surface area is 164 Å². The molecule has 2 N–H and O–H groups in total. The zero-order valence-electron chi connectivity index (χ0n) is 15.5. The summed E-state index contributed by atoms with van der Waals surface area (Å²) in [5.74, 6) is -0.225. The lowest BCUT2D eigenvalue weighted by Gasteiger charge is -2.03. The summed E-state index contributed by atoms with van der Waals surface area (Å²) in [6, 6.07) is 12.9. The number of hydrogen-bond acceptors (Lipinski definition) is 5. The van der Waals surface area contributed by atoms with E-state index >= 15 is 0 Å². The Morgan fingerprint density at radius 3 is 2.76 bits per heavy atom. The van der Waals surface area contributed by atoms with Gasteiger partial charge in [0.05, 0.1) is 5.56 Å². The zero-order chi connectivity index (χ0) is 20.4. The summed E-state index contributed by atoms with van der Waals surface area (Å²) in [6.45, 7) is 1.97. The first-order chi connectivity index (χ1) is 14.0. The first kappa shape index (κ1) is 18.5. The van der Waals surface area contributed by atoms with Crippen LogP contribution in [-0.4, -0.2) is 21.0 Å². The van der Waals surface area contributed by atoms with Gasteiger partial charge in [-0.1, -0.05) is 16.8 Å². The monoisotopic (exact) mass is 392 g/mol. The number of nitrogens with one attached hydrogen (secondary N) is 2. The van der Waals surface area contributed by atoms with Gasteiger partial charge >= 0.3 is 0 Å². The second kappa shape index (κ2) is 7.67. The molecule has 2 aromatic heterocycles. The number of rotatable bonds is 5. The number of H-pyrrole nitrogens is 1. The van der Waals surface area contributed by atoms with Gasteiger partial charge in [0.2, 0.25) is 17.6 Å². The van der Waals surface area contributed by atoms with Gasteiger partial charge < -0.3 is 14.8 Å². The third-order valence-electron chi connectivity index (χ3n) is 4.40.